The molecule has 1 heterocycles. The minimum atomic E-state index is -0.988. The first-order chi connectivity index (χ1) is 8.50. The molecule has 106 valence electrons. The second-order valence-electron chi connectivity index (χ2n) is 5.65. The fourth-order valence-corrected chi connectivity index (χ4v) is 2.85. The van der Waals surface area contributed by atoms with E-state index in [9.17, 15) is 14.7 Å². The van der Waals surface area contributed by atoms with Crippen LogP contribution in [0.25, 0.3) is 0 Å². The van der Waals surface area contributed by atoms with Crippen molar-refractivity contribution in [3.8, 4) is 0 Å². The number of carboxylic acids is 2. The van der Waals surface area contributed by atoms with Gasteiger partial charge in [0.25, 0.3) is 0 Å². The molecule has 0 atom stereocenters. The van der Waals surface area contributed by atoms with Gasteiger partial charge in [0.2, 0.25) is 0 Å². The summed E-state index contributed by atoms with van der Waals surface area (Å²) in [5.41, 5.74) is -1.00. The molecule has 0 radical (unpaired) electrons. The van der Waals surface area contributed by atoms with E-state index in [4.69, 9.17) is 5.11 Å². The Morgan fingerprint density at radius 2 is 1.74 bits per heavy atom. The average molecular weight is 285 g/mol. The van der Waals surface area contributed by atoms with E-state index in [1.54, 1.807) is 20.8 Å². The number of carbonyl (C=O) groups is 2. The molecular weight excluding hydrogens is 266 g/mol. The van der Waals surface area contributed by atoms with E-state index in [1.165, 1.54) is 11.3 Å². The van der Waals surface area contributed by atoms with Crippen molar-refractivity contribution < 1.29 is 19.8 Å². The third kappa shape index (κ3) is 2.78. The molecule has 6 heteroatoms. The van der Waals surface area contributed by atoms with Gasteiger partial charge in [-0.1, -0.05) is 13.8 Å². The van der Waals surface area contributed by atoms with Crippen LogP contribution in [0.5, 0.6) is 0 Å². The van der Waals surface area contributed by atoms with Crippen molar-refractivity contribution in [1.29, 1.82) is 0 Å². The highest BCUT2D eigenvalue weighted by Gasteiger charge is 2.46. The summed E-state index contributed by atoms with van der Waals surface area (Å²) >= 11 is 1.28. The second kappa shape index (κ2) is 4.92. The van der Waals surface area contributed by atoms with Crippen LogP contribution >= 0.6 is 11.3 Å². The molecule has 2 N–H and O–H groups in total. The highest BCUT2D eigenvalue weighted by atomic mass is 32.1. The molecule has 19 heavy (non-hydrogen) atoms. The molecule has 1 aromatic rings. The van der Waals surface area contributed by atoms with Gasteiger partial charge in [0.15, 0.2) is 0 Å². The van der Waals surface area contributed by atoms with Gasteiger partial charge in [0, 0.05) is 10.3 Å². The average Bonchev–Trinajstić information content (AvgIpc) is 2.59. The molecule has 5 nitrogen and oxygen atoms in total. The van der Waals surface area contributed by atoms with Crippen LogP contribution in [0.1, 0.15) is 43.3 Å². The molecule has 0 saturated heterocycles. The van der Waals surface area contributed by atoms with Crippen LogP contribution in [0.15, 0.2) is 0 Å². The molecule has 0 aromatic carbocycles. The lowest BCUT2D eigenvalue weighted by Gasteiger charge is -2.36. The number of hydrogen-bond acceptors (Lipinski definition) is 4. The third-order valence-electron chi connectivity index (χ3n) is 3.84. The van der Waals surface area contributed by atoms with Crippen LogP contribution in [0, 0.1) is 12.3 Å². The monoisotopic (exact) mass is 285 g/mol. The Hall–Kier alpha value is -1.43. The van der Waals surface area contributed by atoms with E-state index in [0.29, 0.717) is 15.6 Å². The summed E-state index contributed by atoms with van der Waals surface area (Å²) in [6, 6.07) is 0. The molecule has 0 amide bonds. The third-order valence-corrected chi connectivity index (χ3v) is 5.32. The van der Waals surface area contributed by atoms with Crippen molar-refractivity contribution in [2.75, 3.05) is 0 Å². The molecule has 0 saturated carbocycles. The quantitative estimate of drug-likeness (QED) is 0.867. The fraction of sp³-hybridized carbons (Fsp3) is 0.615. The van der Waals surface area contributed by atoms with Crippen LogP contribution in [0.3, 0.4) is 0 Å². The summed E-state index contributed by atoms with van der Waals surface area (Å²) in [6.45, 7) is 8.71. The Kier molecular flexibility index (Phi) is 4.05. The molecule has 0 fully saturated rings. The van der Waals surface area contributed by atoms with Gasteiger partial charge in [0.05, 0.1) is 22.5 Å². The van der Waals surface area contributed by atoms with Crippen LogP contribution in [-0.2, 0) is 21.4 Å². The number of hydrogen-bond donors (Lipinski definition) is 2. The van der Waals surface area contributed by atoms with E-state index >= 15 is 0 Å². The van der Waals surface area contributed by atoms with Gasteiger partial charge in [-0.3, -0.25) is 9.59 Å². The zero-order valence-electron chi connectivity index (χ0n) is 11.8. The molecule has 1 rings (SSSR count). The molecule has 0 aliphatic rings. The number of thiazole rings is 1. The Morgan fingerprint density at radius 3 is 2.16 bits per heavy atom. The maximum Gasteiger partial charge on any atom is 0.310 e. The molecular formula is C13H19NO4S. The lowest BCUT2D eigenvalue weighted by molar-refractivity contribution is -0.150. The lowest BCUT2D eigenvalue weighted by Crippen LogP contribution is -2.42. The van der Waals surface area contributed by atoms with Crippen molar-refractivity contribution in [3.05, 3.63) is 15.6 Å². The van der Waals surface area contributed by atoms with Gasteiger partial charge in [-0.2, -0.15) is 0 Å². The SMILES string of the molecule is Cc1nc(C(C)(C)C(C)(C)C(=O)O)sc1CC(=O)O. The van der Waals surface area contributed by atoms with Gasteiger partial charge < -0.3 is 10.2 Å². The number of aliphatic carboxylic acids is 2. The van der Waals surface area contributed by atoms with Crippen molar-refractivity contribution in [2.45, 2.75) is 46.5 Å². The Bertz CT molecular complexity index is 517. The first-order valence-electron chi connectivity index (χ1n) is 5.92. The van der Waals surface area contributed by atoms with E-state index in [1.807, 2.05) is 13.8 Å². The Labute approximate surface area is 116 Å². The molecule has 0 bridgehead atoms. The smallest absolute Gasteiger partial charge is 0.310 e. The van der Waals surface area contributed by atoms with Crippen LogP contribution in [0.4, 0.5) is 0 Å². The minimum absolute atomic E-state index is 0.0763. The zero-order valence-corrected chi connectivity index (χ0v) is 12.6. The summed E-state index contributed by atoms with van der Waals surface area (Å²) in [6.07, 6.45) is -0.0763. The fourth-order valence-electron chi connectivity index (χ4n) is 1.53. The largest absolute Gasteiger partial charge is 0.481 e. The number of rotatable bonds is 5. The van der Waals surface area contributed by atoms with E-state index in [0.717, 1.165) is 0 Å². The molecule has 0 aliphatic heterocycles. The van der Waals surface area contributed by atoms with Crippen molar-refractivity contribution in [2.24, 2.45) is 5.41 Å². The number of nitrogens with zero attached hydrogens (tertiary/aromatic N) is 1. The van der Waals surface area contributed by atoms with Gasteiger partial charge in [0.1, 0.15) is 0 Å². The minimum Gasteiger partial charge on any atom is -0.481 e. The van der Waals surface area contributed by atoms with Gasteiger partial charge >= 0.3 is 11.9 Å². The summed E-state index contributed by atoms with van der Waals surface area (Å²) in [7, 11) is 0. The summed E-state index contributed by atoms with van der Waals surface area (Å²) in [4.78, 5) is 27.2. The standard InChI is InChI=1S/C13H19NO4S/c1-7-8(6-9(15)16)19-10(14-7)12(2,3)13(4,5)11(17)18/h6H2,1-5H3,(H,15,16)(H,17,18). The lowest BCUT2D eigenvalue weighted by atomic mass is 9.68. The maximum atomic E-state index is 11.4. The molecule has 0 aliphatic carbocycles. The Balaban J connectivity index is 3.23. The highest BCUT2D eigenvalue weighted by Crippen LogP contribution is 2.43. The van der Waals surface area contributed by atoms with Crippen LogP contribution in [-0.4, -0.2) is 27.1 Å². The first kappa shape index (κ1) is 15.6. The van der Waals surface area contributed by atoms with E-state index in [2.05, 4.69) is 4.98 Å². The summed E-state index contributed by atoms with van der Waals surface area (Å²) in [5.74, 6) is -1.81. The first-order valence-corrected chi connectivity index (χ1v) is 6.73. The highest BCUT2D eigenvalue weighted by molar-refractivity contribution is 7.12. The molecule has 0 unspecified atom stereocenters. The molecule has 1 aromatic heterocycles. The van der Waals surface area contributed by atoms with Crippen molar-refractivity contribution in [1.82, 2.24) is 4.98 Å². The van der Waals surface area contributed by atoms with Gasteiger partial charge in [-0.25, -0.2) is 4.98 Å². The second-order valence-corrected chi connectivity index (χ2v) is 6.74. The Morgan fingerprint density at radius 1 is 1.21 bits per heavy atom. The predicted molar refractivity (Wildman–Crippen MR) is 72.6 cm³/mol. The number of aryl methyl sites for hydroxylation is 1. The predicted octanol–water partition coefficient (Wildman–Crippen LogP) is 2.47. The van der Waals surface area contributed by atoms with Crippen molar-refractivity contribution >= 4 is 23.3 Å². The van der Waals surface area contributed by atoms with Crippen LogP contribution in [0.2, 0.25) is 0 Å². The maximum absolute atomic E-state index is 11.4. The summed E-state index contributed by atoms with van der Waals surface area (Å²) < 4.78 is 0. The number of carboxylic acid groups (broad SMARTS) is 2. The van der Waals surface area contributed by atoms with Crippen LogP contribution < -0.4 is 0 Å². The topological polar surface area (TPSA) is 87.5 Å². The van der Waals surface area contributed by atoms with Crippen molar-refractivity contribution in [3.63, 3.8) is 0 Å². The van der Waals surface area contributed by atoms with Gasteiger partial charge in [-0.05, 0) is 20.8 Å². The summed E-state index contributed by atoms with van der Waals surface area (Å²) in [5, 5.41) is 18.8. The normalized spacial score (nSPS) is 12.5. The molecule has 0 spiro atoms. The van der Waals surface area contributed by atoms with E-state index in [-0.39, 0.29) is 6.42 Å². The zero-order chi connectivity index (χ0) is 15.0. The number of aromatic nitrogens is 1. The van der Waals surface area contributed by atoms with E-state index < -0.39 is 22.8 Å². The van der Waals surface area contributed by atoms with Gasteiger partial charge in [-0.15, -0.1) is 11.3 Å².